The van der Waals surface area contributed by atoms with Crippen LogP contribution >= 0.6 is 0 Å². The minimum atomic E-state index is -0.220. The van der Waals surface area contributed by atoms with Crippen LogP contribution in [-0.4, -0.2) is 22.8 Å². The maximum atomic E-state index is 11.1. The lowest BCUT2D eigenvalue weighted by Crippen LogP contribution is -2.28. The number of nitrogens with zero attached hydrogens (tertiary/aromatic N) is 1. The summed E-state index contributed by atoms with van der Waals surface area (Å²) in [7, 11) is 0. The lowest BCUT2D eigenvalue weighted by atomic mass is 10.2. The maximum Gasteiger partial charge on any atom is 0.320 e. The fourth-order valence-electron chi connectivity index (χ4n) is 1.14. The van der Waals surface area contributed by atoms with Gasteiger partial charge in [0.1, 0.15) is 0 Å². The number of anilines is 1. The molecular formula is C9H16N4O. The molecule has 0 aromatic carbocycles. The van der Waals surface area contributed by atoms with Crippen LogP contribution in [-0.2, 0) is 6.42 Å². The van der Waals surface area contributed by atoms with Gasteiger partial charge in [0.05, 0.1) is 0 Å². The Balaban J connectivity index is 2.46. The minimum Gasteiger partial charge on any atom is -0.338 e. The van der Waals surface area contributed by atoms with Crippen LogP contribution < -0.4 is 10.6 Å². The third-order valence-electron chi connectivity index (χ3n) is 1.73. The molecule has 5 nitrogen and oxygen atoms in total. The molecular weight excluding hydrogens is 180 g/mol. The Morgan fingerprint density at radius 3 is 3.00 bits per heavy atom. The average Bonchev–Trinajstić information content (AvgIpc) is 2.53. The lowest BCUT2D eigenvalue weighted by molar-refractivity contribution is 0.252. The van der Waals surface area contributed by atoms with Gasteiger partial charge in [0, 0.05) is 18.3 Å². The molecule has 1 aromatic heterocycles. The van der Waals surface area contributed by atoms with E-state index in [-0.39, 0.29) is 6.03 Å². The summed E-state index contributed by atoms with van der Waals surface area (Å²) in [5.41, 5.74) is 1.04. The van der Waals surface area contributed by atoms with Gasteiger partial charge in [-0.15, -0.1) is 0 Å². The van der Waals surface area contributed by atoms with Crippen molar-refractivity contribution >= 4 is 11.8 Å². The van der Waals surface area contributed by atoms with Gasteiger partial charge in [-0.2, -0.15) is 5.10 Å². The largest absolute Gasteiger partial charge is 0.338 e. The summed E-state index contributed by atoms with van der Waals surface area (Å²) in [5, 5.41) is 12.1. The average molecular weight is 196 g/mol. The van der Waals surface area contributed by atoms with Crippen LogP contribution in [0, 0.1) is 0 Å². The fraction of sp³-hybridized carbons (Fsp3) is 0.556. The van der Waals surface area contributed by atoms with Crippen molar-refractivity contribution in [2.24, 2.45) is 0 Å². The number of hydrogen-bond donors (Lipinski definition) is 3. The molecule has 78 valence electrons. The van der Waals surface area contributed by atoms with Gasteiger partial charge < -0.3 is 5.32 Å². The Bertz CT molecular complexity index is 295. The van der Waals surface area contributed by atoms with Crippen molar-refractivity contribution in [3.63, 3.8) is 0 Å². The van der Waals surface area contributed by atoms with Gasteiger partial charge in [-0.3, -0.25) is 10.4 Å². The van der Waals surface area contributed by atoms with E-state index in [1.54, 1.807) is 0 Å². The number of rotatable bonds is 4. The zero-order chi connectivity index (χ0) is 10.4. The van der Waals surface area contributed by atoms with Crippen molar-refractivity contribution in [3.05, 3.63) is 11.8 Å². The van der Waals surface area contributed by atoms with E-state index < -0.39 is 0 Å². The lowest BCUT2D eigenvalue weighted by Gasteiger charge is -2.00. The van der Waals surface area contributed by atoms with E-state index in [0.717, 1.165) is 18.5 Å². The quantitative estimate of drug-likeness (QED) is 0.683. The summed E-state index contributed by atoms with van der Waals surface area (Å²) in [4.78, 5) is 11.1. The summed E-state index contributed by atoms with van der Waals surface area (Å²) >= 11 is 0. The van der Waals surface area contributed by atoms with Gasteiger partial charge in [0.25, 0.3) is 0 Å². The van der Waals surface area contributed by atoms with E-state index in [9.17, 15) is 4.79 Å². The number of aromatic nitrogens is 2. The zero-order valence-corrected chi connectivity index (χ0v) is 8.55. The van der Waals surface area contributed by atoms with E-state index in [2.05, 4.69) is 27.8 Å². The molecule has 1 aromatic rings. The minimum absolute atomic E-state index is 0.220. The number of hydrogen-bond acceptors (Lipinski definition) is 2. The Morgan fingerprint density at radius 2 is 2.36 bits per heavy atom. The molecule has 1 heterocycles. The van der Waals surface area contributed by atoms with Crippen LogP contribution in [0.1, 0.15) is 26.0 Å². The highest BCUT2D eigenvalue weighted by atomic mass is 16.2. The molecule has 0 aliphatic carbocycles. The van der Waals surface area contributed by atoms with Gasteiger partial charge in [-0.1, -0.05) is 13.3 Å². The van der Waals surface area contributed by atoms with Gasteiger partial charge >= 0.3 is 6.03 Å². The predicted molar refractivity (Wildman–Crippen MR) is 55.3 cm³/mol. The van der Waals surface area contributed by atoms with Crippen LogP contribution in [0.2, 0.25) is 0 Å². The number of aryl methyl sites for hydroxylation is 1. The number of amides is 2. The first-order valence-corrected chi connectivity index (χ1v) is 4.85. The topological polar surface area (TPSA) is 69.8 Å². The van der Waals surface area contributed by atoms with Gasteiger partial charge in [-0.05, 0) is 13.3 Å². The van der Waals surface area contributed by atoms with Crippen LogP contribution in [0.3, 0.4) is 0 Å². The molecule has 0 fully saturated rings. The van der Waals surface area contributed by atoms with E-state index in [0.29, 0.717) is 12.4 Å². The monoisotopic (exact) mass is 196 g/mol. The molecule has 14 heavy (non-hydrogen) atoms. The Hall–Kier alpha value is -1.52. The molecule has 0 spiro atoms. The zero-order valence-electron chi connectivity index (χ0n) is 8.55. The van der Waals surface area contributed by atoms with E-state index >= 15 is 0 Å². The van der Waals surface area contributed by atoms with E-state index in [1.165, 1.54) is 0 Å². The normalized spacial score (nSPS) is 9.86. The third kappa shape index (κ3) is 3.08. The molecule has 5 heteroatoms. The predicted octanol–water partition coefficient (Wildman–Crippen LogP) is 1.50. The highest BCUT2D eigenvalue weighted by Crippen LogP contribution is 2.06. The first-order chi connectivity index (χ1) is 6.76. The van der Waals surface area contributed by atoms with E-state index in [1.807, 2.05) is 13.0 Å². The van der Waals surface area contributed by atoms with Crippen molar-refractivity contribution in [1.29, 1.82) is 0 Å². The van der Waals surface area contributed by atoms with Crippen molar-refractivity contribution in [2.75, 3.05) is 11.9 Å². The summed E-state index contributed by atoms with van der Waals surface area (Å²) in [6.07, 6.45) is 2.01. The highest BCUT2D eigenvalue weighted by molar-refractivity contribution is 5.88. The molecule has 0 aliphatic heterocycles. The van der Waals surface area contributed by atoms with Gasteiger partial charge in [-0.25, -0.2) is 4.79 Å². The second kappa shape index (κ2) is 5.26. The molecule has 3 N–H and O–H groups in total. The Labute approximate surface area is 83.3 Å². The smallest absolute Gasteiger partial charge is 0.320 e. The second-order valence-corrected chi connectivity index (χ2v) is 3.01. The number of nitrogens with one attached hydrogen (secondary N) is 3. The third-order valence-corrected chi connectivity index (χ3v) is 1.73. The summed E-state index contributed by atoms with van der Waals surface area (Å²) in [5.74, 6) is 0.569. The first-order valence-electron chi connectivity index (χ1n) is 4.85. The summed E-state index contributed by atoms with van der Waals surface area (Å²) in [6, 6.07) is 1.63. The summed E-state index contributed by atoms with van der Waals surface area (Å²) in [6.45, 7) is 4.57. The van der Waals surface area contributed by atoms with Crippen LogP contribution in [0.15, 0.2) is 6.07 Å². The van der Waals surface area contributed by atoms with Crippen molar-refractivity contribution in [3.8, 4) is 0 Å². The maximum absolute atomic E-state index is 11.1. The van der Waals surface area contributed by atoms with Gasteiger partial charge in [0.2, 0.25) is 0 Å². The van der Waals surface area contributed by atoms with Crippen LogP contribution in [0.5, 0.6) is 0 Å². The number of aromatic amines is 1. The number of carbonyl (C=O) groups is 1. The Kier molecular flexibility index (Phi) is 3.97. The second-order valence-electron chi connectivity index (χ2n) is 3.01. The molecule has 0 unspecified atom stereocenters. The van der Waals surface area contributed by atoms with Crippen LogP contribution in [0.25, 0.3) is 0 Å². The molecule has 0 radical (unpaired) electrons. The number of carbonyl (C=O) groups excluding carboxylic acids is 1. The first kappa shape index (κ1) is 10.6. The van der Waals surface area contributed by atoms with Crippen molar-refractivity contribution < 1.29 is 4.79 Å². The molecule has 0 saturated heterocycles. The molecule has 0 bridgehead atoms. The van der Waals surface area contributed by atoms with Crippen molar-refractivity contribution in [1.82, 2.24) is 15.5 Å². The summed E-state index contributed by atoms with van der Waals surface area (Å²) < 4.78 is 0. The van der Waals surface area contributed by atoms with Crippen LogP contribution in [0.4, 0.5) is 10.6 Å². The molecule has 0 atom stereocenters. The molecule has 0 saturated carbocycles. The van der Waals surface area contributed by atoms with Crippen molar-refractivity contribution in [2.45, 2.75) is 26.7 Å². The molecule has 0 aliphatic rings. The number of H-pyrrole nitrogens is 1. The van der Waals surface area contributed by atoms with Gasteiger partial charge in [0.15, 0.2) is 5.82 Å². The molecule has 2 amide bonds. The fourth-order valence-corrected chi connectivity index (χ4v) is 1.14. The highest BCUT2D eigenvalue weighted by Gasteiger charge is 2.03. The Morgan fingerprint density at radius 1 is 1.57 bits per heavy atom. The SMILES string of the molecule is CCCc1cc(NC(=O)NCC)n[nH]1. The number of urea groups is 1. The van der Waals surface area contributed by atoms with E-state index in [4.69, 9.17) is 0 Å². The standard InChI is InChI=1S/C9H16N4O/c1-3-5-7-6-8(13-12-7)11-9(14)10-4-2/h6H,3-5H2,1-2H3,(H3,10,11,12,13,14). The molecule has 1 rings (SSSR count).